The topological polar surface area (TPSA) is 98.5 Å². The summed E-state index contributed by atoms with van der Waals surface area (Å²) in [6.45, 7) is 5.70. The van der Waals surface area contributed by atoms with E-state index in [9.17, 15) is 14.9 Å². The maximum atomic E-state index is 12.1. The Hall–Kier alpha value is -1.96. The molecule has 9 heteroatoms. The first kappa shape index (κ1) is 20.4. The molecule has 144 valence electrons. The van der Waals surface area contributed by atoms with Gasteiger partial charge in [0, 0.05) is 12.6 Å². The van der Waals surface area contributed by atoms with E-state index >= 15 is 0 Å². The van der Waals surface area contributed by atoms with E-state index in [2.05, 4.69) is 9.97 Å². The van der Waals surface area contributed by atoms with Crippen molar-refractivity contribution in [2.24, 2.45) is 0 Å². The fourth-order valence-corrected chi connectivity index (χ4v) is 3.27. The van der Waals surface area contributed by atoms with Gasteiger partial charge in [-0.25, -0.2) is 4.98 Å². The van der Waals surface area contributed by atoms with Crippen LogP contribution >= 0.6 is 11.6 Å². The largest absolute Gasteiger partial charge is 0.460 e. The molecule has 1 aliphatic rings. The Morgan fingerprint density at radius 2 is 2.04 bits per heavy atom. The van der Waals surface area contributed by atoms with E-state index in [1.54, 1.807) is 20.8 Å². The van der Waals surface area contributed by atoms with E-state index in [1.807, 2.05) is 4.90 Å². The van der Waals surface area contributed by atoms with Gasteiger partial charge in [0.2, 0.25) is 11.1 Å². The third-order valence-corrected chi connectivity index (χ3v) is 4.36. The van der Waals surface area contributed by atoms with Crippen LogP contribution in [0.1, 0.15) is 59.3 Å². The lowest BCUT2D eigenvalue weighted by Gasteiger charge is -2.35. The van der Waals surface area contributed by atoms with Gasteiger partial charge in [0.15, 0.2) is 0 Å². The molecule has 8 nitrogen and oxygen atoms in total. The molecule has 0 unspecified atom stereocenters. The van der Waals surface area contributed by atoms with Crippen LogP contribution in [0.25, 0.3) is 0 Å². The molecule has 0 amide bonds. The monoisotopic (exact) mass is 384 g/mol. The number of rotatable bonds is 6. The van der Waals surface area contributed by atoms with Crippen molar-refractivity contribution in [1.82, 2.24) is 9.97 Å². The second-order valence-electron chi connectivity index (χ2n) is 7.43. The van der Waals surface area contributed by atoms with Crippen molar-refractivity contribution in [2.75, 3.05) is 11.4 Å². The molecular formula is C17H25ClN4O4. The number of carbonyl (C=O) groups is 1. The normalized spacial score (nSPS) is 15.5. The number of halogens is 1. The number of esters is 1. The van der Waals surface area contributed by atoms with Crippen LogP contribution in [0.3, 0.4) is 0 Å². The van der Waals surface area contributed by atoms with Crippen molar-refractivity contribution in [3.8, 4) is 0 Å². The molecule has 0 bridgehead atoms. The van der Waals surface area contributed by atoms with Gasteiger partial charge in [-0.15, -0.1) is 0 Å². The fraction of sp³-hybridized carbons (Fsp3) is 0.706. The molecule has 1 aliphatic carbocycles. The lowest BCUT2D eigenvalue weighted by molar-refractivity contribution is -0.384. The highest BCUT2D eigenvalue weighted by Crippen LogP contribution is 2.32. The number of carbonyl (C=O) groups excluding carboxylic acids is 1. The van der Waals surface area contributed by atoms with Crippen LogP contribution in [0.5, 0.6) is 0 Å². The minimum Gasteiger partial charge on any atom is -0.460 e. The predicted molar refractivity (Wildman–Crippen MR) is 98.4 cm³/mol. The van der Waals surface area contributed by atoms with E-state index in [-0.39, 0.29) is 41.8 Å². The van der Waals surface area contributed by atoms with Gasteiger partial charge in [0.25, 0.3) is 0 Å². The van der Waals surface area contributed by atoms with Crippen LogP contribution in [0.2, 0.25) is 5.28 Å². The summed E-state index contributed by atoms with van der Waals surface area (Å²) in [5.74, 6) is -0.174. The minimum absolute atomic E-state index is 0.0522. The number of aromatic nitrogens is 2. The van der Waals surface area contributed by atoms with Crippen LogP contribution in [0.4, 0.5) is 11.5 Å². The third-order valence-electron chi connectivity index (χ3n) is 4.18. The number of anilines is 1. The maximum absolute atomic E-state index is 12.1. The predicted octanol–water partition coefficient (Wildman–Crippen LogP) is 3.91. The van der Waals surface area contributed by atoms with Crippen LogP contribution in [0.15, 0.2) is 6.20 Å². The quantitative estimate of drug-likeness (QED) is 0.317. The molecule has 1 heterocycles. The Labute approximate surface area is 158 Å². The van der Waals surface area contributed by atoms with Gasteiger partial charge in [-0.1, -0.05) is 19.3 Å². The molecule has 26 heavy (non-hydrogen) atoms. The molecule has 1 aromatic heterocycles. The fourth-order valence-electron chi connectivity index (χ4n) is 3.14. The minimum atomic E-state index is -0.572. The first-order chi connectivity index (χ1) is 12.2. The van der Waals surface area contributed by atoms with Gasteiger partial charge >= 0.3 is 11.7 Å². The highest BCUT2D eigenvalue weighted by Gasteiger charge is 2.30. The Kier molecular flexibility index (Phi) is 6.75. The molecule has 1 saturated carbocycles. The Morgan fingerprint density at radius 3 is 2.62 bits per heavy atom. The van der Waals surface area contributed by atoms with Gasteiger partial charge in [-0.05, 0) is 45.2 Å². The standard InChI is InChI=1S/C17H25ClN4O4/c1-17(2,3)26-14(23)9-10-21(12-7-5-4-6-8-12)15-13(22(24)25)11-19-16(18)20-15/h11-12H,4-10H2,1-3H3. The van der Waals surface area contributed by atoms with Gasteiger partial charge in [-0.3, -0.25) is 14.9 Å². The van der Waals surface area contributed by atoms with Gasteiger partial charge in [0.05, 0.1) is 11.3 Å². The molecule has 1 aromatic rings. The van der Waals surface area contributed by atoms with E-state index in [1.165, 1.54) is 0 Å². The van der Waals surface area contributed by atoms with E-state index in [0.29, 0.717) is 0 Å². The SMILES string of the molecule is CC(C)(C)OC(=O)CCN(c1nc(Cl)ncc1[N+](=O)[O-])C1CCCCC1. The molecule has 1 fully saturated rings. The average molecular weight is 385 g/mol. The summed E-state index contributed by atoms with van der Waals surface area (Å²) >= 11 is 5.89. The second-order valence-corrected chi connectivity index (χ2v) is 7.76. The van der Waals surface area contributed by atoms with Gasteiger partial charge in [0.1, 0.15) is 11.8 Å². The van der Waals surface area contributed by atoms with E-state index < -0.39 is 10.5 Å². The first-order valence-electron chi connectivity index (χ1n) is 8.83. The first-order valence-corrected chi connectivity index (χ1v) is 9.20. The summed E-state index contributed by atoms with van der Waals surface area (Å²) < 4.78 is 5.35. The summed E-state index contributed by atoms with van der Waals surface area (Å²) in [5, 5.41) is 11.4. The molecule has 0 saturated heterocycles. The van der Waals surface area contributed by atoms with Crippen molar-refractivity contribution in [3.63, 3.8) is 0 Å². The van der Waals surface area contributed by atoms with E-state index in [4.69, 9.17) is 16.3 Å². The molecule has 0 N–H and O–H groups in total. The zero-order valence-corrected chi connectivity index (χ0v) is 16.2. The number of hydrogen-bond acceptors (Lipinski definition) is 7. The number of hydrogen-bond donors (Lipinski definition) is 0. The van der Waals surface area contributed by atoms with Crippen LogP contribution in [0, 0.1) is 10.1 Å². The summed E-state index contributed by atoms with van der Waals surface area (Å²) in [7, 11) is 0. The zero-order chi connectivity index (χ0) is 19.3. The lowest BCUT2D eigenvalue weighted by Crippen LogP contribution is -2.40. The Balaban J connectivity index is 2.26. The number of nitro groups is 1. The second kappa shape index (κ2) is 8.62. The average Bonchev–Trinajstić information content (AvgIpc) is 2.54. The molecule has 0 spiro atoms. The highest BCUT2D eigenvalue weighted by atomic mass is 35.5. The summed E-state index contributed by atoms with van der Waals surface area (Å²) in [6.07, 6.45) is 6.25. The van der Waals surface area contributed by atoms with Crippen LogP contribution < -0.4 is 4.90 Å². The molecule has 2 rings (SSSR count). The van der Waals surface area contributed by atoms with Gasteiger partial charge in [-0.2, -0.15) is 4.98 Å². The summed E-state index contributed by atoms with van der Waals surface area (Å²) in [4.78, 5) is 32.7. The molecule has 0 radical (unpaired) electrons. The molecular weight excluding hydrogens is 360 g/mol. The molecule has 0 atom stereocenters. The molecule has 0 aliphatic heterocycles. The number of ether oxygens (including phenoxy) is 1. The number of nitrogens with zero attached hydrogens (tertiary/aromatic N) is 4. The maximum Gasteiger partial charge on any atom is 0.329 e. The van der Waals surface area contributed by atoms with Crippen molar-refractivity contribution >= 4 is 29.1 Å². The van der Waals surface area contributed by atoms with Crippen LogP contribution in [-0.4, -0.2) is 39.0 Å². The van der Waals surface area contributed by atoms with E-state index in [0.717, 1.165) is 38.3 Å². The Morgan fingerprint density at radius 1 is 1.38 bits per heavy atom. The summed E-state index contributed by atoms with van der Waals surface area (Å²) in [5.41, 5.74) is -0.777. The van der Waals surface area contributed by atoms with Crippen molar-refractivity contribution in [2.45, 2.75) is 70.9 Å². The lowest BCUT2D eigenvalue weighted by atomic mass is 9.94. The highest BCUT2D eigenvalue weighted by molar-refractivity contribution is 6.28. The van der Waals surface area contributed by atoms with Crippen molar-refractivity contribution in [1.29, 1.82) is 0 Å². The Bertz CT molecular complexity index is 657. The van der Waals surface area contributed by atoms with Crippen LogP contribution in [-0.2, 0) is 9.53 Å². The van der Waals surface area contributed by atoms with Gasteiger partial charge < -0.3 is 9.64 Å². The molecule has 0 aromatic carbocycles. The zero-order valence-electron chi connectivity index (χ0n) is 15.4. The smallest absolute Gasteiger partial charge is 0.329 e. The summed E-state index contributed by atoms with van der Waals surface area (Å²) in [6, 6.07) is 0.0795. The van der Waals surface area contributed by atoms with Crippen molar-refractivity contribution < 1.29 is 14.5 Å². The van der Waals surface area contributed by atoms with Crippen molar-refractivity contribution in [3.05, 3.63) is 21.6 Å². The third kappa shape index (κ3) is 5.79.